The molecule has 6 atom stereocenters. The van der Waals surface area contributed by atoms with Crippen molar-refractivity contribution in [2.75, 3.05) is 13.2 Å². The molecule has 0 aromatic rings. The van der Waals surface area contributed by atoms with Gasteiger partial charge in [-0.15, -0.1) is 0 Å². The maximum atomic E-state index is 9.81. The lowest BCUT2D eigenvalue weighted by molar-refractivity contribution is -0.0279. The number of nitrogens with one attached hydrogen (secondary N) is 2. The van der Waals surface area contributed by atoms with Gasteiger partial charge >= 0.3 is 0 Å². The summed E-state index contributed by atoms with van der Waals surface area (Å²) in [6.45, 7) is 9.27. The molecule has 2 aliphatic rings. The van der Waals surface area contributed by atoms with Crippen molar-refractivity contribution in [1.29, 1.82) is 0 Å². The van der Waals surface area contributed by atoms with Crippen molar-refractivity contribution in [2.24, 2.45) is 0 Å². The Morgan fingerprint density at radius 2 is 1.29 bits per heavy atom. The van der Waals surface area contributed by atoms with Gasteiger partial charge in [-0.05, 0) is 44.1 Å². The second kappa shape index (κ2) is 12.2. The molecule has 0 aromatic heterocycles. The van der Waals surface area contributed by atoms with Gasteiger partial charge in [-0.3, -0.25) is 0 Å². The number of hydrogen-bond acceptors (Lipinski definition) is 8. The van der Waals surface area contributed by atoms with Crippen LogP contribution >= 0.6 is 0 Å². The first-order valence-electron chi connectivity index (χ1n) is 10.6. The van der Waals surface area contributed by atoms with Crippen LogP contribution in [0.5, 0.6) is 0 Å². The molecule has 6 unspecified atom stereocenters. The summed E-state index contributed by atoms with van der Waals surface area (Å²) in [5.41, 5.74) is 3.70. The van der Waals surface area contributed by atoms with Gasteiger partial charge in [0.2, 0.25) is 0 Å². The number of hydrogen-bond donors (Lipinski definition) is 6. The largest absolute Gasteiger partial charge is 0.394 e. The first kappa shape index (κ1) is 25.3. The van der Waals surface area contributed by atoms with E-state index in [1.54, 1.807) is 6.08 Å². The van der Waals surface area contributed by atoms with Crippen LogP contribution in [0, 0.1) is 0 Å². The highest BCUT2D eigenvalue weighted by molar-refractivity contribution is 5.42. The predicted molar refractivity (Wildman–Crippen MR) is 119 cm³/mol. The molecular weight excluding hydrogens is 400 g/mol. The lowest BCUT2D eigenvalue weighted by Gasteiger charge is -2.15. The molecule has 2 fully saturated rings. The van der Waals surface area contributed by atoms with E-state index in [1.165, 1.54) is 0 Å². The summed E-state index contributed by atoms with van der Waals surface area (Å²) in [5, 5.41) is 44.3. The zero-order chi connectivity index (χ0) is 23.0. The van der Waals surface area contributed by atoms with Gasteiger partial charge in [-0.2, -0.15) is 0 Å². The topological polar surface area (TPSA) is 123 Å². The second-order valence-electron chi connectivity index (χ2n) is 7.96. The van der Waals surface area contributed by atoms with Crippen LogP contribution in [0.25, 0.3) is 0 Å². The molecule has 2 rings (SSSR count). The van der Waals surface area contributed by atoms with E-state index in [1.807, 2.05) is 45.1 Å². The first-order valence-corrected chi connectivity index (χ1v) is 10.6. The number of allylic oxidation sites excluding steroid dienone is 9. The minimum absolute atomic E-state index is 0.203. The van der Waals surface area contributed by atoms with E-state index in [4.69, 9.17) is 19.7 Å². The molecule has 0 aliphatic carbocycles. The van der Waals surface area contributed by atoms with Gasteiger partial charge in [-0.25, -0.2) is 0 Å². The summed E-state index contributed by atoms with van der Waals surface area (Å²) < 4.78 is 11.1. The molecule has 2 saturated heterocycles. The van der Waals surface area contributed by atoms with E-state index in [2.05, 4.69) is 17.2 Å². The molecule has 2 aliphatic heterocycles. The monoisotopic (exact) mass is 436 g/mol. The van der Waals surface area contributed by atoms with E-state index >= 15 is 0 Å². The van der Waals surface area contributed by atoms with Gasteiger partial charge < -0.3 is 40.5 Å². The molecule has 174 valence electrons. The molecule has 0 radical (unpaired) electrons. The Labute approximate surface area is 184 Å². The third kappa shape index (κ3) is 7.60. The second-order valence-corrected chi connectivity index (χ2v) is 7.96. The number of aliphatic hydroxyl groups excluding tert-OH is 4. The molecule has 0 bridgehead atoms. The van der Waals surface area contributed by atoms with Crippen LogP contribution in [0.2, 0.25) is 0 Å². The fourth-order valence-electron chi connectivity index (χ4n) is 3.50. The van der Waals surface area contributed by atoms with E-state index in [9.17, 15) is 10.2 Å². The average molecular weight is 437 g/mol. The van der Waals surface area contributed by atoms with Crippen molar-refractivity contribution in [3.63, 3.8) is 0 Å². The van der Waals surface area contributed by atoms with E-state index in [0.29, 0.717) is 12.8 Å². The predicted octanol–water partition coefficient (Wildman–Crippen LogP) is 0.968. The van der Waals surface area contributed by atoms with Gasteiger partial charge in [-0.1, -0.05) is 24.8 Å². The van der Waals surface area contributed by atoms with Crippen LogP contribution < -0.4 is 10.6 Å². The van der Waals surface area contributed by atoms with Crippen LogP contribution in [0.4, 0.5) is 0 Å². The van der Waals surface area contributed by atoms with Crippen LogP contribution in [-0.4, -0.2) is 70.5 Å². The van der Waals surface area contributed by atoms with Crippen molar-refractivity contribution in [1.82, 2.24) is 10.6 Å². The third-order valence-electron chi connectivity index (χ3n) is 5.36. The van der Waals surface area contributed by atoms with Crippen molar-refractivity contribution < 1.29 is 29.9 Å². The summed E-state index contributed by atoms with van der Waals surface area (Å²) in [6, 6.07) is 0. The van der Waals surface area contributed by atoms with Gasteiger partial charge in [0.25, 0.3) is 0 Å². The molecule has 0 saturated carbocycles. The van der Waals surface area contributed by atoms with Gasteiger partial charge in [0.1, 0.15) is 24.7 Å². The smallest absolute Gasteiger partial charge is 0.130 e. The number of ether oxygens (including phenoxy) is 2. The maximum absolute atomic E-state index is 9.81. The summed E-state index contributed by atoms with van der Waals surface area (Å²) in [5.74, 6) is 0. The Hall–Kier alpha value is -1.94. The van der Waals surface area contributed by atoms with Crippen molar-refractivity contribution in [3.05, 3.63) is 59.5 Å². The Bertz CT molecular complexity index is 730. The molecule has 6 N–H and O–H groups in total. The Balaban J connectivity index is 1.93. The zero-order valence-corrected chi connectivity index (χ0v) is 18.5. The van der Waals surface area contributed by atoms with Crippen molar-refractivity contribution in [3.8, 4) is 0 Å². The van der Waals surface area contributed by atoms with E-state index in [-0.39, 0.29) is 25.7 Å². The van der Waals surface area contributed by atoms with Gasteiger partial charge in [0.15, 0.2) is 0 Å². The standard InChI is InChI=1S/C23H36N2O6/c1-5-17(9-8-16(4)25-23-11-19(29)21(13-27)31-23)14(2)6-7-15(3)24-22-10-18(28)20(12-26)30-22/h5-9,18-29H,1,10-13H2,2-4H3/b14-6+,15-7+,16-8+,17-9+. The summed E-state index contributed by atoms with van der Waals surface area (Å²) in [6.07, 6.45) is 7.25. The van der Waals surface area contributed by atoms with Crippen LogP contribution in [0.1, 0.15) is 33.6 Å². The number of rotatable bonds is 10. The summed E-state index contributed by atoms with van der Waals surface area (Å²) >= 11 is 0. The molecule has 0 aromatic carbocycles. The molecule has 8 heteroatoms. The molecule has 31 heavy (non-hydrogen) atoms. The minimum atomic E-state index is -0.671. The maximum Gasteiger partial charge on any atom is 0.130 e. The van der Waals surface area contributed by atoms with Crippen LogP contribution in [0.15, 0.2) is 59.5 Å². The van der Waals surface area contributed by atoms with E-state index in [0.717, 1.165) is 22.5 Å². The highest BCUT2D eigenvalue weighted by Crippen LogP contribution is 2.20. The lowest BCUT2D eigenvalue weighted by Crippen LogP contribution is -2.28. The van der Waals surface area contributed by atoms with Gasteiger partial charge in [0, 0.05) is 24.2 Å². The lowest BCUT2D eigenvalue weighted by atomic mass is 10.1. The zero-order valence-electron chi connectivity index (χ0n) is 18.5. The Morgan fingerprint density at radius 3 is 1.68 bits per heavy atom. The Kier molecular flexibility index (Phi) is 9.95. The van der Waals surface area contributed by atoms with Crippen molar-refractivity contribution in [2.45, 2.75) is 70.5 Å². The fraction of sp³-hybridized carbons (Fsp3) is 0.565. The van der Waals surface area contributed by atoms with Gasteiger partial charge in [0.05, 0.1) is 25.4 Å². The normalized spacial score (nSPS) is 33.0. The van der Waals surface area contributed by atoms with Crippen LogP contribution in [0.3, 0.4) is 0 Å². The summed E-state index contributed by atoms with van der Waals surface area (Å²) in [4.78, 5) is 0. The van der Waals surface area contributed by atoms with Crippen LogP contribution in [-0.2, 0) is 9.47 Å². The SMILES string of the molecule is C=CC(=C\C=C(/C)NC1CC(O)C(CO)O1)/C(C)=C/C=C(\C)NC1CC(O)C(CO)O1. The fourth-order valence-corrected chi connectivity index (χ4v) is 3.50. The first-order chi connectivity index (χ1) is 14.8. The van der Waals surface area contributed by atoms with Crippen molar-refractivity contribution >= 4 is 0 Å². The average Bonchev–Trinajstić information content (AvgIpc) is 3.27. The molecule has 8 nitrogen and oxygen atoms in total. The third-order valence-corrected chi connectivity index (χ3v) is 5.36. The molecule has 2 heterocycles. The Morgan fingerprint density at radius 1 is 0.839 bits per heavy atom. The summed E-state index contributed by atoms with van der Waals surface area (Å²) in [7, 11) is 0. The molecule has 0 amide bonds. The minimum Gasteiger partial charge on any atom is -0.394 e. The molecule has 0 spiro atoms. The number of aliphatic hydroxyl groups is 4. The quantitative estimate of drug-likeness (QED) is 0.280. The highest BCUT2D eigenvalue weighted by Gasteiger charge is 2.34. The van der Waals surface area contributed by atoms with E-state index < -0.39 is 24.4 Å². The highest BCUT2D eigenvalue weighted by atomic mass is 16.5. The molecular formula is C23H36N2O6.